The van der Waals surface area contributed by atoms with E-state index in [0.717, 1.165) is 34.2 Å². The fourth-order valence-corrected chi connectivity index (χ4v) is 2.90. The molecular formula is C15H12IN3. The van der Waals surface area contributed by atoms with Crippen molar-refractivity contribution >= 4 is 34.1 Å². The van der Waals surface area contributed by atoms with Gasteiger partial charge >= 0.3 is 0 Å². The maximum Gasteiger partial charge on any atom is 0.148 e. The predicted molar refractivity (Wildman–Crippen MR) is 83.4 cm³/mol. The molecule has 94 valence electrons. The molecule has 1 aliphatic rings. The molecule has 1 aromatic carbocycles. The number of benzene rings is 1. The second-order valence-electron chi connectivity index (χ2n) is 4.59. The van der Waals surface area contributed by atoms with Gasteiger partial charge in [-0.1, -0.05) is 6.07 Å². The Hall–Kier alpha value is -1.61. The maximum absolute atomic E-state index is 9.25. The number of aryl methyl sites for hydroxylation is 2. The molecule has 0 atom stereocenters. The highest BCUT2D eigenvalue weighted by molar-refractivity contribution is 14.1. The molecule has 0 spiro atoms. The summed E-state index contributed by atoms with van der Waals surface area (Å²) in [7, 11) is 0. The van der Waals surface area contributed by atoms with Crippen molar-refractivity contribution in [3.63, 3.8) is 0 Å². The molecule has 1 N–H and O–H groups in total. The van der Waals surface area contributed by atoms with Crippen molar-refractivity contribution in [2.75, 3.05) is 5.32 Å². The van der Waals surface area contributed by atoms with Crippen molar-refractivity contribution in [2.24, 2.45) is 0 Å². The summed E-state index contributed by atoms with van der Waals surface area (Å²) in [6.07, 6.45) is 3.20. The van der Waals surface area contributed by atoms with Crippen molar-refractivity contribution in [3.05, 3.63) is 50.7 Å². The zero-order valence-electron chi connectivity index (χ0n) is 10.3. The van der Waals surface area contributed by atoms with Gasteiger partial charge in [-0.05, 0) is 71.7 Å². The van der Waals surface area contributed by atoms with E-state index in [1.54, 1.807) is 0 Å². The molecule has 0 fully saturated rings. The van der Waals surface area contributed by atoms with Crippen LogP contribution >= 0.6 is 22.6 Å². The molecule has 0 saturated carbocycles. The Morgan fingerprint density at radius 2 is 2.16 bits per heavy atom. The van der Waals surface area contributed by atoms with Gasteiger partial charge in [0.05, 0.1) is 5.56 Å². The van der Waals surface area contributed by atoms with Crippen LogP contribution < -0.4 is 5.32 Å². The third kappa shape index (κ3) is 2.56. The van der Waals surface area contributed by atoms with Crippen molar-refractivity contribution in [2.45, 2.75) is 19.3 Å². The molecule has 0 unspecified atom stereocenters. The van der Waals surface area contributed by atoms with Crippen molar-refractivity contribution in [1.82, 2.24) is 4.98 Å². The van der Waals surface area contributed by atoms with Crippen LogP contribution in [-0.4, -0.2) is 4.98 Å². The third-order valence-corrected chi connectivity index (χ3v) is 3.93. The zero-order valence-corrected chi connectivity index (χ0v) is 12.4. The van der Waals surface area contributed by atoms with E-state index in [-0.39, 0.29) is 0 Å². The number of rotatable bonds is 2. The van der Waals surface area contributed by atoms with Crippen LogP contribution in [0.4, 0.5) is 11.5 Å². The van der Waals surface area contributed by atoms with Gasteiger partial charge in [0.1, 0.15) is 11.9 Å². The molecule has 0 radical (unpaired) electrons. The van der Waals surface area contributed by atoms with Crippen molar-refractivity contribution < 1.29 is 0 Å². The zero-order chi connectivity index (χ0) is 13.2. The number of fused-ring (bicyclic) bond motifs is 1. The van der Waals surface area contributed by atoms with Crippen molar-refractivity contribution in [3.8, 4) is 6.07 Å². The summed E-state index contributed by atoms with van der Waals surface area (Å²) in [4.78, 5) is 4.61. The summed E-state index contributed by atoms with van der Waals surface area (Å²) in [6, 6.07) is 12.3. The van der Waals surface area contributed by atoms with Crippen LogP contribution in [0.3, 0.4) is 0 Å². The monoisotopic (exact) mass is 361 g/mol. The van der Waals surface area contributed by atoms with Crippen LogP contribution in [0.15, 0.2) is 30.3 Å². The lowest BCUT2D eigenvalue weighted by atomic mass is 10.1. The number of pyridine rings is 1. The lowest BCUT2D eigenvalue weighted by Crippen LogP contribution is -2.01. The predicted octanol–water partition coefficient (Wildman–Crippen LogP) is 3.79. The number of aromatic nitrogens is 1. The summed E-state index contributed by atoms with van der Waals surface area (Å²) < 4.78 is 1.15. The van der Waals surface area contributed by atoms with E-state index in [1.807, 2.05) is 30.3 Å². The molecule has 2 aromatic rings. The van der Waals surface area contributed by atoms with Crippen LogP contribution in [0.2, 0.25) is 0 Å². The summed E-state index contributed by atoms with van der Waals surface area (Å²) >= 11 is 2.27. The quantitative estimate of drug-likeness (QED) is 0.828. The fraction of sp³-hybridized carbons (Fsp3) is 0.200. The van der Waals surface area contributed by atoms with E-state index < -0.39 is 0 Å². The lowest BCUT2D eigenvalue weighted by molar-refractivity contribution is 0.900. The van der Waals surface area contributed by atoms with Crippen LogP contribution in [0, 0.1) is 14.9 Å². The number of nitrogens with one attached hydrogen (secondary N) is 1. The third-order valence-electron chi connectivity index (χ3n) is 3.26. The Balaban J connectivity index is 1.99. The van der Waals surface area contributed by atoms with Gasteiger partial charge in [-0.25, -0.2) is 4.98 Å². The van der Waals surface area contributed by atoms with E-state index in [9.17, 15) is 5.26 Å². The fourth-order valence-electron chi connectivity index (χ4n) is 2.36. The number of halogens is 1. The highest BCUT2D eigenvalue weighted by atomic mass is 127. The number of hydrogen-bond acceptors (Lipinski definition) is 3. The van der Waals surface area contributed by atoms with Gasteiger partial charge < -0.3 is 5.32 Å². The summed E-state index contributed by atoms with van der Waals surface area (Å²) in [5.41, 5.74) is 3.95. The molecule has 4 heteroatoms. The van der Waals surface area contributed by atoms with Gasteiger partial charge in [-0.15, -0.1) is 0 Å². The minimum Gasteiger partial charge on any atom is -0.339 e. The van der Waals surface area contributed by atoms with Crippen LogP contribution in [0.5, 0.6) is 0 Å². The molecule has 19 heavy (non-hydrogen) atoms. The van der Waals surface area contributed by atoms with E-state index in [2.05, 4.69) is 39.0 Å². The molecular weight excluding hydrogens is 349 g/mol. The Kier molecular flexibility index (Phi) is 3.38. The van der Waals surface area contributed by atoms with E-state index in [1.165, 1.54) is 5.56 Å². The Labute approximate surface area is 125 Å². The SMILES string of the molecule is N#Cc1cc2c(nc1Nc1cccc(I)c1)CCC2. The van der Waals surface area contributed by atoms with Crippen molar-refractivity contribution in [1.29, 1.82) is 5.26 Å². The first-order chi connectivity index (χ1) is 9.26. The average molecular weight is 361 g/mol. The van der Waals surface area contributed by atoms with Gasteiger partial charge in [0.2, 0.25) is 0 Å². The Bertz CT molecular complexity index is 674. The maximum atomic E-state index is 9.25. The number of nitrogens with zero attached hydrogens (tertiary/aromatic N) is 2. The standard InChI is InChI=1S/C15H12IN3/c16-12-4-2-5-13(8-12)18-15-11(9-17)7-10-3-1-6-14(10)19-15/h2,4-5,7-8H,1,3,6H2,(H,18,19). The van der Waals surface area contributed by atoms with Gasteiger partial charge in [0, 0.05) is 15.0 Å². The number of hydrogen-bond donors (Lipinski definition) is 1. The minimum atomic E-state index is 0.625. The first-order valence-electron chi connectivity index (χ1n) is 6.22. The normalized spacial score (nSPS) is 12.8. The van der Waals surface area contributed by atoms with E-state index >= 15 is 0 Å². The molecule has 3 rings (SSSR count). The number of anilines is 2. The second kappa shape index (κ2) is 5.17. The first kappa shape index (κ1) is 12.4. The highest BCUT2D eigenvalue weighted by Crippen LogP contribution is 2.27. The van der Waals surface area contributed by atoms with Crippen LogP contribution in [0.25, 0.3) is 0 Å². The molecule has 0 bridgehead atoms. The molecule has 3 nitrogen and oxygen atoms in total. The largest absolute Gasteiger partial charge is 0.339 e. The summed E-state index contributed by atoms with van der Waals surface area (Å²) in [5, 5.41) is 12.5. The average Bonchev–Trinajstić information content (AvgIpc) is 2.85. The van der Waals surface area contributed by atoms with Gasteiger partial charge in [0.15, 0.2) is 0 Å². The molecule has 1 aliphatic carbocycles. The molecule has 0 amide bonds. The Morgan fingerprint density at radius 1 is 1.26 bits per heavy atom. The highest BCUT2D eigenvalue weighted by Gasteiger charge is 2.16. The Morgan fingerprint density at radius 3 is 2.95 bits per heavy atom. The van der Waals surface area contributed by atoms with Gasteiger partial charge in [0.25, 0.3) is 0 Å². The van der Waals surface area contributed by atoms with E-state index in [4.69, 9.17) is 0 Å². The second-order valence-corrected chi connectivity index (χ2v) is 5.84. The summed E-state index contributed by atoms with van der Waals surface area (Å²) in [6.45, 7) is 0. The number of nitriles is 1. The lowest BCUT2D eigenvalue weighted by Gasteiger charge is -2.10. The topological polar surface area (TPSA) is 48.7 Å². The van der Waals surface area contributed by atoms with Gasteiger partial charge in [-0.2, -0.15) is 5.26 Å². The smallest absolute Gasteiger partial charge is 0.148 e. The first-order valence-corrected chi connectivity index (χ1v) is 7.29. The molecule has 0 saturated heterocycles. The van der Waals surface area contributed by atoms with Gasteiger partial charge in [-0.3, -0.25) is 0 Å². The van der Waals surface area contributed by atoms with Crippen LogP contribution in [0.1, 0.15) is 23.2 Å². The molecule has 1 heterocycles. The van der Waals surface area contributed by atoms with E-state index in [0.29, 0.717) is 11.4 Å². The molecule has 0 aliphatic heterocycles. The summed E-state index contributed by atoms with van der Waals surface area (Å²) in [5.74, 6) is 0.671. The van der Waals surface area contributed by atoms with Crippen LogP contribution in [-0.2, 0) is 12.8 Å². The molecule has 1 aromatic heterocycles. The minimum absolute atomic E-state index is 0.625.